The van der Waals surface area contributed by atoms with E-state index in [0.717, 1.165) is 0 Å². The van der Waals surface area contributed by atoms with Crippen molar-refractivity contribution in [3.8, 4) is 0 Å². The van der Waals surface area contributed by atoms with Crippen molar-refractivity contribution in [1.82, 2.24) is 5.32 Å². The van der Waals surface area contributed by atoms with Gasteiger partial charge in [0.05, 0.1) is 13.0 Å². The Morgan fingerprint density at radius 2 is 1.77 bits per heavy atom. The smallest absolute Gasteiger partial charge is 0.224 e. The van der Waals surface area contributed by atoms with Gasteiger partial charge in [0, 0.05) is 0 Å². The van der Waals surface area contributed by atoms with Gasteiger partial charge < -0.3 is 10.4 Å². The summed E-state index contributed by atoms with van der Waals surface area (Å²) in [6.45, 7) is 1.47. The van der Waals surface area contributed by atoms with Crippen LogP contribution in [0.25, 0.3) is 0 Å². The zero-order chi connectivity index (χ0) is 16.2. The fourth-order valence-corrected chi connectivity index (χ4v) is 2.06. The van der Waals surface area contributed by atoms with Crippen molar-refractivity contribution < 1.29 is 18.7 Å². The van der Waals surface area contributed by atoms with E-state index in [0.29, 0.717) is 11.1 Å². The maximum atomic E-state index is 13.5. The molecule has 0 bridgehead atoms. The van der Waals surface area contributed by atoms with Gasteiger partial charge in [-0.25, -0.2) is 8.78 Å². The van der Waals surface area contributed by atoms with Gasteiger partial charge in [0.1, 0.15) is 17.2 Å². The minimum atomic E-state index is -1.33. The van der Waals surface area contributed by atoms with Crippen LogP contribution in [0.3, 0.4) is 0 Å². The third-order valence-corrected chi connectivity index (χ3v) is 3.40. The van der Waals surface area contributed by atoms with Crippen molar-refractivity contribution >= 4 is 5.91 Å². The number of halogens is 2. The van der Waals surface area contributed by atoms with Crippen LogP contribution in [0.1, 0.15) is 18.1 Å². The third-order valence-electron chi connectivity index (χ3n) is 3.40. The van der Waals surface area contributed by atoms with E-state index in [9.17, 15) is 18.7 Å². The second kappa shape index (κ2) is 6.66. The van der Waals surface area contributed by atoms with Gasteiger partial charge in [-0.1, -0.05) is 30.3 Å². The van der Waals surface area contributed by atoms with Gasteiger partial charge in [0.2, 0.25) is 5.91 Å². The van der Waals surface area contributed by atoms with E-state index in [1.54, 1.807) is 12.1 Å². The molecule has 0 aromatic heterocycles. The lowest BCUT2D eigenvalue weighted by atomic mass is 9.96. The number of aliphatic hydroxyl groups is 1. The molecule has 0 aliphatic heterocycles. The maximum absolute atomic E-state index is 13.5. The highest BCUT2D eigenvalue weighted by molar-refractivity contribution is 5.78. The van der Waals surface area contributed by atoms with E-state index in [4.69, 9.17) is 0 Å². The van der Waals surface area contributed by atoms with E-state index in [1.165, 1.54) is 43.3 Å². The van der Waals surface area contributed by atoms with Crippen LogP contribution in [0.15, 0.2) is 48.5 Å². The SMILES string of the molecule is CC(O)(CNC(=O)Cc1ccccc1F)c1ccc(F)cc1. The monoisotopic (exact) mass is 305 g/mol. The summed E-state index contributed by atoms with van der Waals surface area (Å²) in [7, 11) is 0. The van der Waals surface area contributed by atoms with Gasteiger partial charge in [-0.2, -0.15) is 0 Å². The topological polar surface area (TPSA) is 49.3 Å². The van der Waals surface area contributed by atoms with Gasteiger partial charge in [-0.05, 0) is 36.2 Å². The Morgan fingerprint density at radius 1 is 1.14 bits per heavy atom. The second-order valence-electron chi connectivity index (χ2n) is 5.33. The average molecular weight is 305 g/mol. The quantitative estimate of drug-likeness (QED) is 0.892. The first-order valence-corrected chi connectivity index (χ1v) is 6.87. The molecule has 2 aromatic carbocycles. The van der Waals surface area contributed by atoms with E-state index < -0.39 is 23.1 Å². The lowest BCUT2D eigenvalue weighted by Crippen LogP contribution is -2.39. The molecular formula is C17H17F2NO2. The molecule has 2 rings (SSSR count). The molecule has 0 saturated carbocycles. The molecule has 0 aliphatic rings. The summed E-state index contributed by atoms with van der Waals surface area (Å²) in [4.78, 5) is 11.8. The number of carbonyl (C=O) groups is 1. The zero-order valence-corrected chi connectivity index (χ0v) is 12.1. The largest absolute Gasteiger partial charge is 0.384 e. The number of hydrogen-bond acceptors (Lipinski definition) is 2. The summed E-state index contributed by atoms with van der Waals surface area (Å²) in [6.07, 6.45) is -0.105. The van der Waals surface area contributed by atoms with Crippen LogP contribution >= 0.6 is 0 Å². The Hall–Kier alpha value is -2.27. The molecule has 0 heterocycles. The molecule has 0 aliphatic carbocycles. The van der Waals surface area contributed by atoms with Crippen molar-refractivity contribution in [2.45, 2.75) is 18.9 Å². The molecule has 2 aromatic rings. The summed E-state index contributed by atoms with van der Waals surface area (Å²) in [5.74, 6) is -1.24. The number of hydrogen-bond donors (Lipinski definition) is 2. The molecule has 1 atom stereocenters. The molecule has 2 N–H and O–H groups in total. The number of carbonyl (C=O) groups excluding carboxylic acids is 1. The molecule has 22 heavy (non-hydrogen) atoms. The van der Waals surface area contributed by atoms with Crippen LogP contribution in [-0.2, 0) is 16.8 Å². The van der Waals surface area contributed by atoms with Crippen LogP contribution < -0.4 is 5.32 Å². The number of amides is 1. The zero-order valence-electron chi connectivity index (χ0n) is 12.1. The molecule has 1 unspecified atom stereocenters. The highest BCUT2D eigenvalue weighted by Crippen LogP contribution is 2.20. The van der Waals surface area contributed by atoms with Gasteiger partial charge in [-0.3, -0.25) is 4.79 Å². The summed E-state index contributed by atoms with van der Waals surface area (Å²) in [6, 6.07) is 11.4. The van der Waals surface area contributed by atoms with Gasteiger partial charge in [-0.15, -0.1) is 0 Å². The molecule has 0 fully saturated rings. The highest BCUT2D eigenvalue weighted by Gasteiger charge is 2.24. The minimum absolute atomic E-state index is 0.0497. The first-order valence-electron chi connectivity index (χ1n) is 6.87. The lowest BCUT2D eigenvalue weighted by Gasteiger charge is -2.24. The molecule has 3 nitrogen and oxygen atoms in total. The van der Waals surface area contributed by atoms with E-state index in [1.807, 2.05) is 0 Å². The summed E-state index contributed by atoms with van der Waals surface area (Å²) in [5, 5.41) is 12.9. The highest BCUT2D eigenvalue weighted by atomic mass is 19.1. The van der Waals surface area contributed by atoms with Crippen molar-refractivity contribution in [3.63, 3.8) is 0 Å². The molecule has 0 spiro atoms. The number of nitrogens with one attached hydrogen (secondary N) is 1. The Bertz CT molecular complexity index is 654. The Labute approximate surface area is 127 Å². The van der Waals surface area contributed by atoms with Crippen molar-refractivity contribution in [2.24, 2.45) is 0 Å². The maximum Gasteiger partial charge on any atom is 0.224 e. The van der Waals surface area contributed by atoms with E-state index in [-0.39, 0.29) is 13.0 Å². The molecule has 1 amide bonds. The van der Waals surface area contributed by atoms with Crippen LogP contribution in [-0.4, -0.2) is 17.6 Å². The van der Waals surface area contributed by atoms with Crippen molar-refractivity contribution in [1.29, 1.82) is 0 Å². The molecule has 116 valence electrons. The van der Waals surface area contributed by atoms with E-state index >= 15 is 0 Å². The Kier molecular flexibility index (Phi) is 4.88. The molecular weight excluding hydrogens is 288 g/mol. The van der Waals surface area contributed by atoms with Crippen molar-refractivity contribution in [3.05, 3.63) is 71.3 Å². The molecule has 0 saturated heterocycles. The van der Waals surface area contributed by atoms with Crippen LogP contribution in [0.4, 0.5) is 8.78 Å². The summed E-state index contributed by atoms with van der Waals surface area (Å²) >= 11 is 0. The van der Waals surface area contributed by atoms with Crippen LogP contribution in [0.5, 0.6) is 0 Å². The van der Waals surface area contributed by atoms with Crippen LogP contribution in [0, 0.1) is 11.6 Å². The Morgan fingerprint density at radius 3 is 2.41 bits per heavy atom. The number of benzene rings is 2. The number of rotatable bonds is 5. The normalized spacial score (nSPS) is 13.5. The first kappa shape index (κ1) is 16.1. The molecule has 0 radical (unpaired) electrons. The van der Waals surface area contributed by atoms with Gasteiger partial charge in [0.25, 0.3) is 0 Å². The lowest BCUT2D eigenvalue weighted by molar-refractivity contribution is -0.121. The Balaban J connectivity index is 1.95. The fraction of sp³-hybridized carbons (Fsp3) is 0.235. The minimum Gasteiger partial charge on any atom is -0.384 e. The van der Waals surface area contributed by atoms with Gasteiger partial charge in [0.15, 0.2) is 0 Å². The van der Waals surface area contributed by atoms with E-state index in [2.05, 4.69) is 5.32 Å². The predicted molar refractivity (Wildman–Crippen MR) is 79.1 cm³/mol. The van der Waals surface area contributed by atoms with Gasteiger partial charge >= 0.3 is 0 Å². The molecule has 5 heteroatoms. The predicted octanol–water partition coefficient (Wildman–Crippen LogP) is 2.53. The fourth-order valence-electron chi connectivity index (χ4n) is 2.06. The standard InChI is InChI=1S/C17H17F2NO2/c1-17(22,13-6-8-14(18)9-7-13)11-20-16(21)10-12-4-2-3-5-15(12)19/h2-9,22H,10-11H2,1H3,(H,20,21). The first-order chi connectivity index (χ1) is 10.4. The van der Waals surface area contributed by atoms with Crippen molar-refractivity contribution in [2.75, 3.05) is 6.54 Å². The average Bonchev–Trinajstić information content (AvgIpc) is 2.48. The third kappa shape index (κ3) is 4.11. The second-order valence-corrected chi connectivity index (χ2v) is 5.33. The van der Waals surface area contributed by atoms with Crippen LogP contribution in [0.2, 0.25) is 0 Å². The summed E-state index contributed by atoms with van der Waals surface area (Å²) < 4.78 is 26.3. The summed E-state index contributed by atoms with van der Waals surface area (Å²) in [5.41, 5.74) is -0.556.